The van der Waals surface area contributed by atoms with Crippen molar-refractivity contribution in [1.29, 1.82) is 0 Å². The molecule has 3 nitrogen and oxygen atoms in total. The minimum Gasteiger partial charge on any atom is -0.382 e. The van der Waals surface area contributed by atoms with E-state index in [1.165, 1.54) is 5.56 Å². The Morgan fingerprint density at radius 3 is 3.12 bits per heavy atom. The average Bonchev–Trinajstić information content (AvgIpc) is 2.32. The number of benzene rings is 1. The molecular weight excluding hydrogens is 270 g/mol. The highest BCUT2D eigenvalue weighted by Gasteiger charge is 2.14. The van der Waals surface area contributed by atoms with Crippen LogP contribution in [0.1, 0.15) is 12.0 Å². The quantitative estimate of drug-likeness (QED) is 0.926. The fraction of sp³-hybridized carbons (Fsp3) is 0.500. The Bertz CT molecular complexity index is 351. The summed E-state index contributed by atoms with van der Waals surface area (Å²) in [5.41, 5.74) is 2.39. The molecule has 0 amide bonds. The van der Waals surface area contributed by atoms with Crippen molar-refractivity contribution in [3.63, 3.8) is 0 Å². The van der Waals surface area contributed by atoms with Crippen LogP contribution in [-0.2, 0) is 9.47 Å². The van der Waals surface area contributed by atoms with Gasteiger partial charge in [0.1, 0.15) is 6.79 Å². The molecule has 0 aliphatic carbocycles. The first-order valence-electron chi connectivity index (χ1n) is 5.45. The number of ether oxygens (including phenoxy) is 2. The zero-order valence-electron chi connectivity index (χ0n) is 9.33. The zero-order chi connectivity index (χ0) is 11.4. The average molecular weight is 286 g/mol. The standard InChI is InChI=1S/C12H16BrNO2/c1-9-11(13)3-2-4-12(9)14-7-10-5-6-15-8-16-10/h2-4,10,14H,5-8H2,1H3. The van der Waals surface area contributed by atoms with Crippen LogP contribution in [0.15, 0.2) is 22.7 Å². The van der Waals surface area contributed by atoms with Gasteiger partial charge in [-0.25, -0.2) is 0 Å². The van der Waals surface area contributed by atoms with Crippen molar-refractivity contribution in [3.05, 3.63) is 28.2 Å². The van der Waals surface area contributed by atoms with E-state index < -0.39 is 0 Å². The van der Waals surface area contributed by atoms with E-state index in [0.29, 0.717) is 6.79 Å². The summed E-state index contributed by atoms with van der Waals surface area (Å²) in [5, 5.41) is 3.41. The number of halogens is 1. The molecule has 1 aliphatic rings. The monoisotopic (exact) mass is 285 g/mol. The van der Waals surface area contributed by atoms with Crippen LogP contribution in [0.25, 0.3) is 0 Å². The third kappa shape index (κ3) is 2.97. The molecule has 1 heterocycles. The van der Waals surface area contributed by atoms with Crippen molar-refractivity contribution in [2.75, 3.05) is 25.3 Å². The summed E-state index contributed by atoms with van der Waals surface area (Å²) in [7, 11) is 0. The van der Waals surface area contributed by atoms with Gasteiger partial charge in [-0.3, -0.25) is 0 Å². The van der Waals surface area contributed by atoms with E-state index in [1.54, 1.807) is 0 Å². The maximum absolute atomic E-state index is 5.47. The molecular formula is C12H16BrNO2. The van der Waals surface area contributed by atoms with Crippen molar-refractivity contribution >= 4 is 21.6 Å². The highest BCUT2D eigenvalue weighted by atomic mass is 79.9. The van der Waals surface area contributed by atoms with Crippen LogP contribution >= 0.6 is 15.9 Å². The molecule has 88 valence electrons. The third-order valence-corrected chi connectivity index (χ3v) is 3.62. The minimum absolute atomic E-state index is 0.257. The van der Waals surface area contributed by atoms with Gasteiger partial charge < -0.3 is 14.8 Å². The Labute approximate surface area is 104 Å². The van der Waals surface area contributed by atoms with Crippen molar-refractivity contribution in [3.8, 4) is 0 Å². The molecule has 1 aromatic rings. The molecule has 1 N–H and O–H groups in total. The van der Waals surface area contributed by atoms with Gasteiger partial charge in [0, 0.05) is 16.7 Å². The van der Waals surface area contributed by atoms with Gasteiger partial charge in [-0.1, -0.05) is 22.0 Å². The van der Waals surface area contributed by atoms with Crippen LogP contribution in [0.3, 0.4) is 0 Å². The predicted octanol–water partition coefficient (Wildman–Crippen LogP) is 2.93. The Balaban J connectivity index is 1.91. The summed E-state index contributed by atoms with van der Waals surface area (Å²) in [5.74, 6) is 0. The molecule has 4 heteroatoms. The van der Waals surface area contributed by atoms with Gasteiger partial charge in [0.15, 0.2) is 0 Å². The summed E-state index contributed by atoms with van der Waals surface area (Å²) >= 11 is 3.52. The topological polar surface area (TPSA) is 30.5 Å². The van der Waals surface area contributed by atoms with Crippen molar-refractivity contribution < 1.29 is 9.47 Å². The van der Waals surface area contributed by atoms with Crippen LogP contribution in [-0.4, -0.2) is 26.0 Å². The van der Waals surface area contributed by atoms with E-state index in [9.17, 15) is 0 Å². The maximum Gasteiger partial charge on any atom is 0.147 e. The van der Waals surface area contributed by atoms with Gasteiger partial charge in [0.25, 0.3) is 0 Å². The first-order chi connectivity index (χ1) is 7.77. The van der Waals surface area contributed by atoms with Gasteiger partial charge in [0.05, 0.1) is 12.7 Å². The van der Waals surface area contributed by atoms with E-state index in [1.807, 2.05) is 12.1 Å². The Morgan fingerprint density at radius 2 is 2.38 bits per heavy atom. The number of hydrogen-bond donors (Lipinski definition) is 1. The summed E-state index contributed by atoms with van der Waals surface area (Å²) in [6, 6.07) is 6.16. The van der Waals surface area contributed by atoms with Crippen LogP contribution in [0.2, 0.25) is 0 Å². The molecule has 1 aliphatic heterocycles. The normalized spacial score (nSPS) is 20.8. The Hall–Kier alpha value is -0.580. The lowest BCUT2D eigenvalue weighted by atomic mass is 10.2. The number of rotatable bonds is 3. The summed E-state index contributed by atoms with van der Waals surface area (Å²) in [6.45, 7) is 4.14. The minimum atomic E-state index is 0.257. The molecule has 0 radical (unpaired) electrons. The first kappa shape index (κ1) is 11.9. The summed E-state index contributed by atoms with van der Waals surface area (Å²) in [4.78, 5) is 0. The van der Waals surface area contributed by atoms with Crippen molar-refractivity contribution in [2.45, 2.75) is 19.4 Å². The lowest BCUT2D eigenvalue weighted by Gasteiger charge is -2.23. The lowest BCUT2D eigenvalue weighted by Crippen LogP contribution is -2.30. The van der Waals surface area contributed by atoms with Crippen LogP contribution in [0.5, 0.6) is 0 Å². The molecule has 1 saturated heterocycles. The largest absolute Gasteiger partial charge is 0.382 e. The van der Waals surface area contributed by atoms with Crippen LogP contribution in [0, 0.1) is 6.92 Å². The molecule has 2 rings (SSSR count). The molecule has 0 bridgehead atoms. The van der Waals surface area contributed by atoms with Gasteiger partial charge in [-0.2, -0.15) is 0 Å². The molecule has 1 aromatic carbocycles. The van der Waals surface area contributed by atoms with Crippen LogP contribution in [0.4, 0.5) is 5.69 Å². The van der Waals surface area contributed by atoms with E-state index >= 15 is 0 Å². The number of hydrogen-bond acceptors (Lipinski definition) is 3. The fourth-order valence-electron chi connectivity index (χ4n) is 1.69. The Morgan fingerprint density at radius 1 is 1.50 bits per heavy atom. The van der Waals surface area contributed by atoms with E-state index in [4.69, 9.17) is 9.47 Å². The third-order valence-electron chi connectivity index (χ3n) is 2.76. The van der Waals surface area contributed by atoms with Gasteiger partial charge in [-0.15, -0.1) is 0 Å². The highest BCUT2D eigenvalue weighted by molar-refractivity contribution is 9.10. The highest BCUT2D eigenvalue weighted by Crippen LogP contribution is 2.23. The van der Waals surface area contributed by atoms with Gasteiger partial charge in [-0.05, 0) is 31.0 Å². The molecule has 16 heavy (non-hydrogen) atoms. The molecule has 0 aromatic heterocycles. The van der Waals surface area contributed by atoms with Gasteiger partial charge in [0.2, 0.25) is 0 Å². The second kappa shape index (κ2) is 5.66. The molecule has 1 atom stereocenters. The second-order valence-corrected chi connectivity index (χ2v) is 4.75. The summed E-state index contributed by atoms with van der Waals surface area (Å²) < 4.78 is 11.7. The van der Waals surface area contributed by atoms with Crippen molar-refractivity contribution in [1.82, 2.24) is 0 Å². The van der Waals surface area contributed by atoms with E-state index in [-0.39, 0.29) is 6.10 Å². The second-order valence-electron chi connectivity index (χ2n) is 3.90. The molecule has 0 saturated carbocycles. The van der Waals surface area contributed by atoms with Crippen molar-refractivity contribution in [2.24, 2.45) is 0 Å². The number of nitrogens with one attached hydrogen (secondary N) is 1. The van der Waals surface area contributed by atoms with Crippen LogP contribution < -0.4 is 5.32 Å². The predicted molar refractivity (Wildman–Crippen MR) is 67.7 cm³/mol. The zero-order valence-corrected chi connectivity index (χ0v) is 10.9. The van der Waals surface area contributed by atoms with Gasteiger partial charge >= 0.3 is 0 Å². The SMILES string of the molecule is Cc1c(Br)cccc1NCC1CCOCO1. The maximum atomic E-state index is 5.47. The number of anilines is 1. The van der Waals surface area contributed by atoms with E-state index in [0.717, 1.165) is 29.7 Å². The molecule has 1 fully saturated rings. The summed E-state index contributed by atoms with van der Waals surface area (Å²) in [6.07, 6.45) is 1.21. The smallest absolute Gasteiger partial charge is 0.147 e. The van der Waals surface area contributed by atoms with E-state index in [2.05, 4.69) is 34.2 Å². The first-order valence-corrected chi connectivity index (χ1v) is 6.25. The molecule has 0 spiro atoms. The Kier molecular flexibility index (Phi) is 4.21. The fourth-order valence-corrected chi connectivity index (χ4v) is 2.05. The lowest BCUT2D eigenvalue weighted by molar-refractivity contribution is -0.133. The molecule has 1 unspecified atom stereocenters.